The minimum Gasteiger partial charge on any atom is -0.492 e. The summed E-state index contributed by atoms with van der Waals surface area (Å²) >= 11 is 6.25. The van der Waals surface area contributed by atoms with Crippen molar-refractivity contribution in [3.63, 3.8) is 0 Å². The molecule has 0 aliphatic carbocycles. The van der Waals surface area contributed by atoms with Crippen LogP contribution in [0.25, 0.3) is 16.8 Å². The monoisotopic (exact) mass is 329 g/mol. The average Bonchev–Trinajstić information content (AvgIpc) is 2.96. The molecule has 0 atom stereocenters. The van der Waals surface area contributed by atoms with Crippen molar-refractivity contribution in [1.82, 2.24) is 19.9 Å². The fraction of sp³-hybridized carbons (Fsp3) is 0.250. The Hall–Kier alpha value is -2.31. The first-order valence-electron chi connectivity index (χ1n) is 7.52. The summed E-state index contributed by atoms with van der Waals surface area (Å²) in [5.74, 6) is 1.58. The zero-order valence-corrected chi connectivity index (χ0v) is 13.2. The summed E-state index contributed by atoms with van der Waals surface area (Å²) in [6, 6.07) is 7.61. The first kappa shape index (κ1) is 14.3. The van der Waals surface area contributed by atoms with Gasteiger partial charge in [-0.25, -0.2) is 9.50 Å². The number of rotatable bonds is 0. The van der Waals surface area contributed by atoms with Gasteiger partial charge in [-0.1, -0.05) is 11.6 Å². The van der Waals surface area contributed by atoms with E-state index in [1.807, 2.05) is 30.5 Å². The Labute approximate surface area is 138 Å². The Balaban J connectivity index is 1.86. The Morgan fingerprint density at radius 2 is 2.13 bits per heavy atom. The Bertz CT molecular complexity index is 848. The molecule has 1 aliphatic heterocycles. The van der Waals surface area contributed by atoms with Crippen molar-refractivity contribution in [2.24, 2.45) is 0 Å². The second-order valence-corrected chi connectivity index (χ2v) is 5.78. The molecule has 2 N–H and O–H groups in total. The van der Waals surface area contributed by atoms with E-state index in [9.17, 15) is 0 Å². The van der Waals surface area contributed by atoms with Crippen molar-refractivity contribution in [2.75, 3.05) is 31.6 Å². The zero-order valence-electron chi connectivity index (χ0n) is 12.4. The SMILES string of the molecule is Clc1cc2cc(c1)-c1cnn3ccc(nc13)NCCNCCO2. The molecular weight excluding hydrogens is 314 g/mol. The van der Waals surface area contributed by atoms with E-state index in [4.69, 9.17) is 16.3 Å². The van der Waals surface area contributed by atoms with E-state index >= 15 is 0 Å². The third-order valence-corrected chi connectivity index (χ3v) is 3.93. The predicted molar refractivity (Wildman–Crippen MR) is 90.3 cm³/mol. The molecule has 4 bridgehead atoms. The number of nitrogens with one attached hydrogen (secondary N) is 2. The van der Waals surface area contributed by atoms with E-state index in [0.717, 1.165) is 48.0 Å². The Kier molecular flexibility index (Phi) is 3.77. The van der Waals surface area contributed by atoms with Crippen molar-refractivity contribution in [3.8, 4) is 16.9 Å². The quantitative estimate of drug-likeness (QED) is 0.663. The van der Waals surface area contributed by atoms with E-state index in [-0.39, 0.29) is 0 Å². The summed E-state index contributed by atoms with van der Waals surface area (Å²) in [4.78, 5) is 4.66. The van der Waals surface area contributed by atoms with Crippen LogP contribution in [0.15, 0.2) is 36.7 Å². The molecule has 0 amide bonds. The fourth-order valence-corrected chi connectivity index (χ4v) is 2.84. The van der Waals surface area contributed by atoms with Gasteiger partial charge in [0.1, 0.15) is 18.2 Å². The maximum atomic E-state index is 6.25. The first-order valence-corrected chi connectivity index (χ1v) is 7.90. The van der Waals surface area contributed by atoms with Gasteiger partial charge < -0.3 is 15.4 Å². The van der Waals surface area contributed by atoms with Crippen LogP contribution in [-0.4, -0.2) is 40.8 Å². The topological polar surface area (TPSA) is 63.5 Å². The second kappa shape index (κ2) is 6.06. The maximum Gasteiger partial charge on any atom is 0.165 e. The lowest BCUT2D eigenvalue weighted by Gasteiger charge is -2.12. The smallest absolute Gasteiger partial charge is 0.165 e. The Morgan fingerprint density at radius 1 is 1.17 bits per heavy atom. The van der Waals surface area contributed by atoms with Crippen LogP contribution in [0.2, 0.25) is 5.02 Å². The number of ether oxygens (including phenoxy) is 1. The van der Waals surface area contributed by atoms with Crippen molar-refractivity contribution in [2.45, 2.75) is 0 Å². The lowest BCUT2D eigenvalue weighted by atomic mass is 10.1. The molecule has 1 aliphatic rings. The number of halogens is 1. The maximum absolute atomic E-state index is 6.25. The van der Waals surface area contributed by atoms with E-state index in [1.165, 1.54) is 0 Å². The average molecular weight is 330 g/mol. The molecule has 23 heavy (non-hydrogen) atoms. The minimum atomic E-state index is 0.590. The van der Waals surface area contributed by atoms with Gasteiger partial charge in [0.15, 0.2) is 5.65 Å². The van der Waals surface area contributed by atoms with Crippen LogP contribution in [0.3, 0.4) is 0 Å². The molecule has 3 heterocycles. The molecule has 7 heteroatoms. The molecule has 3 aromatic rings. The minimum absolute atomic E-state index is 0.590. The van der Waals surface area contributed by atoms with Crippen molar-refractivity contribution < 1.29 is 4.74 Å². The van der Waals surface area contributed by atoms with Gasteiger partial charge in [0.2, 0.25) is 0 Å². The van der Waals surface area contributed by atoms with Crippen molar-refractivity contribution in [1.29, 1.82) is 0 Å². The highest BCUT2D eigenvalue weighted by Gasteiger charge is 2.12. The molecule has 4 rings (SSSR count). The van der Waals surface area contributed by atoms with Gasteiger partial charge >= 0.3 is 0 Å². The van der Waals surface area contributed by atoms with Crippen LogP contribution in [0, 0.1) is 0 Å². The van der Waals surface area contributed by atoms with Crippen molar-refractivity contribution in [3.05, 3.63) is 41.7 Å². The molecule has 0 fully saturated rings. The fourth-order valence-electron chi connectivity index (χ4n) is 2.62. The van der Waals surface area contributed by atoms with Gasteiger partial charge in [0.25, 0.3) is 0 Å². The summed E-state index contributed by atoms with van der Waals surface area (Å²) in [7, 11) is 0. The molecule has 0 spiro atoms. The molecule has 0 saturated heterocycles. The lowest BCUT2D eigenvalue weighted by molar-refractivity contribution is 0.315. The number of hydrogen-bond acceptors (Lipinski definition) is 5. The number of aromatic nitrogens is 3. The van der Waals surface area contributed by atoms with Crippen LogP contribution in [0.1, 0.15) is 0 Å². The van der Waals surface area contributed by atoms with E-state index in [1.54, 1.807) is 10.7 Å². The highest BCUT2D eigenvalue weighted by atomic mass is 35.5. The van der Waals surface area contributed by atoms with Crippen LogP contribution >= 0.6 is 11.6 Å². The van der Waals surface area contributed by atoms with Crippen LogP contribution < -0.4 is 15.4 Å². The highest BCUT2D eigenvalue weighted by Crippen LogP contribution is 2.31. The van der Waals surface area contributed by atoms with Gasteiger partial charge in [0, 0.05) is 36.4 Å². The molecule has 6 nitrogen and oxygen atoms in total. The largest absolute Gasteiger partial charge is 0.492 e. The number of fused-ring (bicyclic) bond motifs is 4. The molecule has 1 aromatic carbocycles. The summed E-state index contributed by atoms with van der Waals surface area (Å²) in [5, 5.41) is 11.6. The van der Waals surface area contributed by atoms with Crippen molar-refractivity contribution >= 4 is 23.1 Å². The summed E-state index contributed by atoms with van der Waals surface area (Å²) in [6.07, 6.45) is 3.70. The predicted octanol–water partition coefficient (Wildman–Crippen LogP) is 2.44. The summed E-state index contributed by atoms with van der Waals surface area (Å²) in [5.41, 5.74) is 2.65. The van der Waals surface area contributed by atoms with E-state index in [2.05, 4.69) is 20.7 Å². The van der Waals surface area contributed by atoms with Gasteiger partial charge in [-0.15, -0.1) is 0 Å². The molecule has 2 aromatic heterocycles. The van der Waals surface area contributed by atoms with Crippen LogP contribution in [0.5, 0.6) is 5.75 Å². The number of hydrogen-bond donors (Lipinski definition) is 2. The van der Waals surface area contributed by atoms with Gasteiger partial charge in [-0.3, -0.25) is 0 Å². The van der Waals surface area contributed by atoms with Gasteiger partial charge in [-0.2, -0.15) is 5.10 Å². The molecule has 0 saturated carbocycles. The number of benzene rings is 1. The third-order valence-electron chi connectivity index (χ3n) is 3.71. The summed E-state index contributed by atoms with van der Waals surface area (Å²) < 4.78 is 7.54. The van der Waals surface area contributed by atoms with Gasteiger partial charge in [0.05, 0.1) is 6.20 Å². The normalized spacial score (nSPS) is 15.0. The molecule has 118 valence electrons. The highest BCUT2D eigenvalue weighted by molar-refractivity contribution is 6.31. The number of nitrogens with zero attached hydrogens (tertiary/aromatic N) is 3. The standard InChI is InChI=1S/C16H16ClN5O/c17-12-7-11-8-13(9-12)23-6-4-18-2-3-19-15-1-5-22-16(21-15)14(11)10-20-22/h1,5,7-10,18H,2-4,6H2,(H,19,21). The molecular formula is C16H16ClN5O. The number of anilines is 1. The van der Waals surface area contributed by atoms with Gasteiger partial charge in [-0.05, 0) is 29.8 Å². The first-order chi connectivity index (χ1) is 11.3. The van der Waals surface area contributed by atoms with E-state index in [0.29, 0.717) is 11.6 Å². The zero-order chi connectivity index (χ0) is 15.6. The van der Waals surface area contributed by atoms with Crippen LogP contribution in [-0.2, 0) is 0 Å². The Morgan fingerprint density at radius 3 is 3.09 bits per heavy atom. The lowest BCUT2D eigenvalue weighted by Crippen LogP contribution is -2.26. The van der Waals surface area contributed by atoms with Crippen LogP contribution in [0.4, 0.5) is 5.82 Å². The third kappa shape index (κ3) is 2.95. The summed E-state index contributed by atoms with van der Waals surface area (Å²) in [6.45, 7) is 2.99. The van der Waals surface area contributed by atoms with E-state index < -0.39 is 0 Å². The molecule has 0 radical (unpaired) electrons. The molecule has 0 unspecified atom stereocenters. The second-order valence-electron chi connectivity index (χ2n) is 5.34.